The van der Waals surface area contributed by atoms with Crippen LogP contribution < -0.4 is 15.4 Å². The summed E-state index contributed by atoms with van der Waals surface area (Å²) in [4.78, 5) is 25.5. The fourth-order valence-corrected chi connectivity index (χ4v) is 5.01. The number of hydrogen-bond acceptors (Lipinski definition) is 5. The molecule has 1 fully saturated rings. The normalized spacial score (nSPS) is 20.7. The molecule has 2 aromatic carbocycles. The van der Waals surface area contributed by atoms with Crippen molar-refractivity contribution in [3.8, 4) is 5.75 Å². The minimum absolute atomic E-state index is 0.151. The van der Waals surface area contributed by atoms with Crippen LogP contribution in [0.25, 0.3) is 0 Å². The Hall–Kier alpha value is -2.98. The van der Waals surface area contributed by atoms with E-state index in [4.69, 9.17) is 4.74 Å². The van der Waals surface area contributed by atoms with Gasteiger partial charge in [0.1, 0.15) is 18.5 Å². The van der Waals surface area contributed by atoms with Gasteiger partial charge in [-0.25, -0.2) is 12.8 Å². The van der Waals surface area contributed by atoms with Gasteiger partial charge in [-0.15, -0.1) is 0 Å². The van der Waals surface area contributed by atoms with Gasteiger partial charge in [-0.3, -0.25) is 9.59 Å². The lowest BCUT2D eigenvalue weighted by Gasteiger charge is -2.37. The fourth-order valence-electron chi connectivity index (χ4n) is 4.11. The van der Waals surface area contributed by atoms with Gasteiger partial charge in [0.25, 0.3) is 11.8 Å². The van der Waals surface area contributed by atoms with Crippen molar-refractivity contribution in [1.29, 1.82) is 0 Å². The van der Waals surface area contributed by atoms with E-state index in [-0.39, 0.29) is 36.0 Å². The lowest BCUT2D eigenvalue weighted by atomic mass is 9.86. The van der Waals surface area contributed by atoms with Crippen LogP contribution in [0.4, 0.5) is 4.39 Å². The minimum Gasteiger partial charge on any atom is -0.486 e. The first-order valence-electron chi connectivity index (χ1n) is 10.2. The molecule has 8 nitrogen and oxygen atoms in total. The summed E-state index contributed by atoms with van der Waals surface area (Å²) in [5, 5.41) is 5.33. The number of amides is 2. The van der Waals surface area contributed by atoms with Crippen molar-refractivity contribution in [3.05, 3.63) is 64.7 Å². The van der Waals surface area contributed by atoms with Crippen LogP contribution in [0.15, 0.2) is 42.5 Å². The van der Waals surface area contributed by atoms with E-state index in [0.29, 0.717) is 5.56 Å². The second kappa shape index (κ2) is 8.51. The van der Waals surface area contributed by atoms with Crippen LogP contribution in [0.2, 0.25) is 0 Å². The molecule has 2 aliphatic heterocycles. The second-order valence-corrected chi connectivity index (χ2v) is 9.95. The predicted octanol–water partition coefficient (Wildman–Crippen LogP) is 1.28. The summed E-state index contributed by atoms with van der Waals surface area (Å²) in [5.74, 6) is -1.10. The number of rotatable bonds is 6. The average Bonchev–Trinajstić information content (AvgIpc) is 3.12. The molecule has 10 heteroatoms. The van der Waals surface area contributed by atoms with Gasteiger partial charge < -0.3 is 15.4 Å². The summed E-state index contributed by atoms with van der Waals surface area (Å²) in [6, 6.07) is 11.9. The van der Waals surface area contributed by atoms with Crippen molar-refractivity contribution < 1.29 is 27.1 Å². The van der Waals surface area contributed by atoms with E-state index < -0.39 is 40.5 Å². The molecule has 2 aliphatic rings. The SMILES string of the molecule is CNC(=O)c1cc(C(=O)NC2CN(S(C)(=O)=O)C2)cc2c1O[C@@H](CF)[C@@H]2c1ccccc1. The van der Waals surface area contributed by atoms with Crippen molar-refractivity contribution in [2.24, 2.45) is 0 Å². The van der Waals surface area contributed by atoms with Gasteiger partial charge in [0.15, 0.2) is 0 Å². The highest BCUT2D eigenvalue weighted by Gasteiger charge is 2.40. The summed E-state index contributed by atoms with van der Waals surface area (Å²) in [5.41, 5.74) is 1.76. The van der Waals surface area contributed by atoms with Gasteiger partial charge in [0.2, 0.25) is 10.0 Å². The zero-order valence-electron chi connectivity index (χ0n) is 17.7. The van der Waals surface area contributed by atoms with E-state index in [9.17, 15) is 22.4 Å². The van der Waals surface area contributed by atoms with E-state index in [0.717, 1.165) is 11.8 Å². The number of halogens is 1. The minimum atomic E-state index is -3.30. The monoisotopic (exact) mass is 461 g/mol. The quantitative estimate of drug-likeness (QED) is 0.675. The summed E-state index contributed by atoms with van der Waals surface area (Å²) >= 11 is 0. The maximum atomic E-state index is 13.9. The van der Waals surface area contributed by atoms with E-state index in [2.05, 4.69) is 10.6 Å². The topological polar surface area (TPSA) is 105 Å². The lowest BCUT2D eigenvalue weighted by Crippen LogP contribution is -2.60. The number of sulfonamides is 1. The first-order chi connectivity index (χ1) is 15.2. The van der Waals surface area contributed by atoms with Crippen molar-refractivity contribution in [3.63, 3.8) is 0 Å². The summed E-state index contributed by atoms with van der Waals surface area (Å²) in [6.07, 6.45) is 0.302. The Balaban J connectivity index is 1.68. The number of carbonyl (C=O) groups excluding carboxylic acids is 2. The zero-order valence-corrected chi connectivity index (χ0v) is 18.5. The fraction of sp³-hybridized carbons (Fsp3) is 0.364. The molecule has 32 heavy (non-hydrogen) atoms. The molecule has 2 atom stereocenters. The van der Waals surface area contributed by atoms with Gasteiger partial charge >= 0.3 is 0 Å². The van der Waals surface area contributed by atoms with Crippen molar-refractivity contribution >= 4 is 21.8 Å². The third-order valence-corrected chi connectivity index (χ3v) is 7.03. The van der Waals surface area contributed by atoms with Crippen LogP contribution in [0, 0.1) is 0 Å². The highest BCUT2D eigenvalue weighted by atomic mass is 32.2. The molecule has 0 radical (unpaired) electrons. The Morgan fingerprint density at radius 3 is 2.44 bits per heavy atom. The molecule has 2 amide bonds. The smallest absolute Gasteiger partial charge is 0.254 e. The Bertz CT molecular complexity index is 1150. The molecular formula is C22H24FN3O5S. The Labute approximate surface area is 185 Å². The Morgan fingerprint density at radius 1 is 1.16 bits per heavy atom. The van der Waals surface area contributed by atoms with Crippen LogP contribution >= 0.6 is 0 Å². The molecule has 2 aromatic rings. The molecule has 0 spiro atoms. The molecule has 0 unspecified atom stereocenters. The Kier molecular flexibility index (Phi) is 5.91. The van der Waals surface area contributed by atoms with Crippen molar-refractivity contribution in [2.75, 3.05) is 33.1 Å². The van der Waals surface area contributed by atoms with Gasteiger partial charge in [-0.05, 0) is 17.7 Å². The third-order valence-electron chi connectivity index (χ3n) is 5.79. The predicted molar refractivity (Wildman–Crippen MR) is 116 cm³/mol. The van der Waals surface area contributed by atoms with Crippen LogP contribution in [0.5, 0.6) is 5.75 Å². The van der Waals surface area contributed by atoms with Crippen LogP contribution in [-0.2, 0) is 10.0 Å². The summed E-state index contributed by atoms with van der Waals surface area (Å²) in [6.45, 7) is -0.374. The number of ether oxygens (including phenoxy) is 1. The van der Waals surface area contributed by atoms with Gasteiger partial charge in [-0.1, -0.05) is 30.3 Å². The highest BCUT2D eigenvalue weighted by molar-refractivity contribution is 7.88. The Morgan fingerprint density at radius 2 is 1.84 bits per heavy atom. The number of nitrogens with one attached hydrogen (secondary N) is 2. The lowest BCUT2D eigenvalue weighted by molar-refractivity contribution is 0.0896. The molecule has 0 bridgehead atoms. The molecule has 0 aliphatic carbocycles. The standard InChI is InChI=1S/C22H24FN3O5S/c1-24-22(28)17-9-14(21(27)25-15-11-26(12-15)32(2,29)30)8-16-19(13-6-4-3-5-7-13)18(10-23)31-20(16)17/h3-9,15,18-19H,10-12H2,1-2H3,(H,24,28)(H,25,27)/t18-,19+/m0/s1. The maximum Gasteiger partial charge on any atom is 0.254 e. The largest absolute Gasteiger partial charge is 0.486 e. The molecule has 1 saturated heterocycles. The molecule has 0 aromatic heterocycles. The molecule has 0 saturated carbocycles. The van der Waals surface area contributed by atoms with Crippen molar-refractivity contribution in [1.82, 2.24) is 14.9 Å². The van der Waals surface area contributed by atoms with Crippen molar-refractivity contribution in [2.45, 2.75) is 18.1 Å². The van der Waals surface area contributed by atoms with Gasteiger partial charge in [-0.2, -0.15) is 4.31 Å². The number of nitrogens with zero attached hydrogens (tertiary/aromatic N) is 1. The first kappa shape index (κ1) is 22.2. The summed E-state index contributed by atoms with van der Waals surface area (Å²) in [7, 11) is -1.83. The van der Waals surface area contributed by atoms with E-state index in [1.165, 1.54) is 17.4 Å². The second-order valence-electron chi connectivity index (χ2n) is 7.97. The number of benzene rings is 2. The number of carbonyl (C=O) groups is 2. The van der Waals surface area contributed by atoms with Crippen LogP contribution in [-0.4, -0.2) is 69.8 Å². The summed E-state index contributed by atoms with van der Waals surface area (Å²) < 4.78 is 44.1. The first-order valence-corrected chi connectivity index (χ1v) is 12.0. The number of hydrogen-bond donors (Lipinski definition) is 2. The van der Waals surface area contributed by atoms with Gasteiger partial charge in [0, 0.05) is 31.3 Å². The van der Waals surface area contributed by atoms with Gasteiger partial charge in [0.05, 0.1) is 23.8 Å². The third kappa shape index (κ3) is 4.07. The number of fused-ring (bicyclic) bond motifs is 1. The van der Waals surface area contributed by atoms with E-state index in [1.807, 2.05) is 30.3 Å². The average molecular weight is 462 g/mol. The molecular weight excluding hydrogens is 437 g/mol. The molecule has 2 heterocycles. The van der Waals surface area contributed by atoms with Crippen LogP contribution in [0.3, 0.4) is 0 Å². The van der Waals surface area contributed by atoms with E-state index >= 15 is 0 Å². The highest BCUT2D eigenvalue weighted by Crippen LogP contribution is 2.45. The zero-order chi connectivity index (χ0) is 23.0. The van der Waals surface area contributed by atoms with E-state index in [1.54, 1.807) is 6.07 Å². The van der Waals surface area contributed by atoms with Crippen LogP contribution in [0.1, 0.15) is 37.8 Å². The molecule has 170 valence electrons. The molecule has 2 N–H and O–H groups in total. The maximum absolute atomic E-state index is 13.9. The molecule has 4 rings (SSSR count). The number of alkyl halides is 1.